The van der Waals surface area contributed by atoms with E-state index < -0.39 is 10.0 Å². The van der Waals surface area contributed by atoms with Crippen LogP contribution >= 0.6 is 0 Å². The monoisotopic (exact) mass is 532 g/mol. The maximum atomic E-state index is 13.2. The molecule has 2 heterocycles. The lowest BCUT2D eigenvalue weighted by Gasteiger charge is -2.19. The zero-order chi connectivity index (χ0) is 26.9. The lowest BCUT2D eigenvalue weighted by Crippen LogP contribution is -2.13. The molecule has 0 bridgehead atoms. The summed E-state index contributed by atoms with van der Waals surface area (Å²) < 4.78 is 36.5. The van der Waals surface area contributed by atoms with Crippen molar-refractivity contribution in [3.05, 3.63) is 89.9 Å². The minimum atomic E-state index is -3.83. The number of rotatable bonds is 8. The largest absolute Gasteiger partial charge is 0.352 e. The second kappa shape index (κ2) is 10.1. The molecule has 0 aliphatic carbocycles. The van der Waals surface area contributed by atoms with Crippen molar-refractivity contribution in [2.24, 2.45) is 5.14 Å². The fourth-order valence-electron chi connectivity index (χ4n) is 3.95. The number of aromatic nitrogens is 4. The molecule has 0 amide bonds. The number of nitrogens with two attached hydrogens (primary N) is 1. The highest BCUT2D eigenvalue weighted by molar-refractivity contribution is 7.89. The number of halogens is 1. The summed E-state index contributed by atoms with van der Waals surface area (Å²) in [7, 11) is -1.94. The van der Waals surface area contributed by atoms with Gasteiger partial charge in [0, 0.05) is 31.2 Å². The first-order valence-corrected chi connectivity index (χ1v) is 13.2. The van der Waals surface area contributed by atoms with E-state index in [9.17, 15) is 12.8 Å². The lowest BCUT2D eigenvalue weighted by molar-refractivity contribution is 0.598. The molecule has 38 heavy (non-hydrogen) atoms. The minimum Gasteiger partial charge on any atom is -0.352 e. The number of hydrogen-bond donors (Lipinski definition) is 4. The number of nitrogens with one attached hydrogen (secondary N) is 3. The van der Waals surface area contributed by atoms with Gasteiger partial charge in [0.1, 0.15) is 11.6 Å². The normalized spacial score (nSPS) is 11.5. The number of H-pyrrole nitrogens is 1. The summed E-state index contributed by atoms with van der Waals surface area (Å²) in [6.45, 7) is 2.48. The molecule has 0 aliphatic heterocycles. The van der Waals surface area contributed by atoms with Crippen LogP contribution in [0.1, 0.15) is 11.1 Å². The number of aromatic amines is 1. The van der Waals surface area contributed by atoms with Crippen LogP contribution in [-0.2, 0) is 16.6 Å². The van der Waals surface area contributed by atoms with E-state index in [0.29, 0.717) is 29.9 Å². The zero-order valence-electron chi connectivity index (χ0n) is 20.6. The van der Waals surface area contributed by atoms with Gasteiger partial charge in [0.2, 0.25) is 21.9 Å². The third kappa shape index (κ3) is 5.56. The molecular formula is C26H25FN8O2S. The molecular weight excluding hydrogens is 507 g/mol. The van der Waals surface area contributed by atoms with E-state index in [1.54, 1.807) is 36.5 Å². The average molecular weight is 533 g/mol. The van der Waals surface area contributed by atoms with Gasteiger partial charge in [0.15, 0.2) is 0 Å². The van der Waals surface area contributed by atoms with Crippen molar-refractivity contribution in [3.8, 4) is 0 Å². The van der Waals surface area contributed by atoms with E-state index in [4.69, 9.17) is 5.14 Å². The Balaban J connectivity index is 1.35. The number of sulfonamides is 1. The average Bonchev–Trinajstić information content (AvgIpc) is 3.31. The summed E-state index contributed by atoms with van der Waals surface area (Å²) in [5.41, 5.74) is 4.97. The standard InChI is InChI=1S/C26H25FN8O2S/c1-16-12-20(14-22-24(16)34-26(32-22)30-15-17-6-8-18(27)9-7-17)35(2)23-10-11-29-25(33-23)31-19-4-3-5-21(13-19)38(28,36)37/h3-14H,15H2,1-2H3,(H2,28,36,37)(H,29,31,33)(H2,30,32,34). The number of primary sulfonamides is 1. The van der Waals surface area contributed by atoms with Gasteiger partial charge in [-0.1, -0.05) is 18.2 Å². The molecule has 3 aromatic carbocycles. The van der Waals surface area contributed by atoms with E-state index in [1.807, 2.05) is 31.0 Å². The highest BCUT2D eigenvalue weighted by Crippen LogP contribution is 2.29. The lowest BCUT2D eigenvalue weighted by atomic mass is 10.1. The predicted octanol–water partition coefficient (Wildman–Crippen LogP) is 4.57. The number of imidazole rings is 1. The number of anilines is 5. The Morgan fingerprint density at radius 3 is 2.61 bits per heavy atom. The van der Waals surface area contributed by atoms with Crippen LogP contribution in [0.5, 0.6) is 0 Å². The van der Waals surface area contributed by atoms with Crippen LogP contribution in [0.25, 0.3) is 11.0 Å². The van der Waals surface area contributed by atoms with Crippen molar-refractivity contribution in [1.29, 1.82) is 0 Å². The summed E-state index contributed by atoms with van der Waals surface area (Å²) in [6, 6.07) is 18.2. The van der Waals surface area contributed by atoms with Crippen molar-refractivity contribution in [3.63, 3.8) is 0 Å². The summed E-state index contributed by atoms with van der Waals surface area (Å²) in [6.07, 6.45) is 1.61. The van der Waals surface area contributed by atoms with Gasteiger partial charge in [-0.2, -0.15) is 4.98 Å². The quantitative estimate of drug-likeness (QED) is 0.228. The molecule has 0 spiro atoms. The second-order valence-electron chi connectivity index (χ2n) is 8.72. The Morgan fingerprint density at radius 1 is 1.05 bits per heavy atom. The van der Waals surface area contributed by atoms with Gasteiger partial charge in [0.25, 0.3) is 0 Å². The van der Waals surface area contributed by atoms with Gasteiger partial charge in [0.05, 0.1) is 15.9 Å². The molecule has 5 N–H and O–H groups in total. The van der Waals surface area contributed by atoms with Gasteiger partial charge in [-0.3, -0.25) is 0 Å². The number of nitrogens with zero attached hydrogens (tertiary/aromatic N) is 4. The molecule has 5 rings (SSSR count). The highest BCUT2D eigenvalue weighted by atomic mass is 32.2. The van der Waals surface area contributed by atoms with E-state index >= 15 is 0 Å². The van der Waals surface area contributed by atoms with Crippen LogP contribution in [0.15, 0.2) is 77.8 Å². The maximum absolute atomic E-state index is 13.2. The molecule has 5 aromatic rings. The van der Waals surface area contributed by atoms with Gasteiger partial charge >= 0.3 is 0 Å². The molecule has 10 nitrogen and oxygen atoms in total. The third-order valence-electron chi connectivity index (χ3n) is 5.93. The molecule has 0 atom stereocenters. The number of benzene rings is 3. The molecule has 0 radical (unpaired) electrons. The van der Waals surface area contributed by atoms with Crippen molar-refractivity contribution in [1.82, 2.24) is 19.9 Å². The van der Waals surface area contributed by atoms with Crippen molar-refractivity contribution >= 4 is 50.1 Å². The minimum absolute atomic E-state index is 0.00867. The fourth-order valence-corrected chi connectivity index (χ4v) is 4.50. The maximum Gasteiger partial charge on any atom is 0.238 e. The van der Waals surface area contributed by atoms with Gasteiger partial charge in [-0.15, -0.1) is 0 Å². The van der Waals surface area contributed by atoms with Crippen LogP contribution in [0.3, 0.4) is 0 Å². The molecule has 2 aromatic heterocycles. The third-order valence-corrected chi connectivity index (χ3v) is 6.84. The SMILES string of the molecule is Cc1cc(N(C)c2ccnc(Nc3cccc(S(N)(=O)=O)c3)n2)cc2[nH]c(NCc3ccc(F)cc3)nc12. The van der Waals surface area contributed by atoms with Crippen molar-refractivity contribution in [2.45, 2.75) is 18.4 Å². The predicted molar refractivity (Wildman–Crippen MR) is 146 cm³/mol. The smallest absolute Gasteiger partial charge is 0.238 e. The van der Waals surface area contributed by atoms with Gasteiger partial charge < -0.3 is 20.5 Å². The molecule has 0 aliphatic rings. The Morgan fingerprint density at radius 2 is 1.84 bits per heavy atom. The van der Waals surface area contributed by atoms with Gasteiger partial charge in [-0.25, -0.2) is 27.9 Å². The van der Waals surface area contributed by atoms with Crippen LogP contribution < -0.4 is 20.7 Å². The highest BCUT2D eigenvalue weighted by Gasteiger charge is 2.13. The topological polar surface area (TPSA) is 142 Å². The Bertz CT molecular complexity index is 1720. The molecule has 0 saturated heterocycles. The number of fused-ring (bicyclic) bond motifs is 1. The van der Waals surface area contributed by atoms with Crippen molar-refractivity contribution < 1.29 is 12.8 Å². The summed E-state index contributed by atoms with van der Waals surface area (Å²) >= 11 is 0. The first-order chi connectivity index (χ1) is 18.2. The summed E-state index contributed by atoms with van der Waals surface area (Å²) in [5.74, 6) is 1.26. The van der Waals surface area contributed by atoms with E-state index in [0.717, 1.165) is 27.8 Å². The molecule has 12 heteroatoms. The fraction of sp³-hybridized carbons (Fsp3) is 0.115. The molecule has 194 valence electrons. The van der Waals surface area contributed by atoms with Crippen LogP contribution in [0, 0.1) is 12.7 Å². The van der Waals surface area contributed by atoms with Crippen LogP contribution in [0.4, 0.5) is 33.5 Å². The first-order valence-electron chi connectivity index (χ1n) is 11.6. The Labute approximate surface area is 218 Å². The van der Waals surface area contributed by atoms with E-state index in [-0.39, 0.29) is 10.7 Å². The Hall–Kier alpha value is -4.55. The number of hydrogen-bond acceptors (Lipinski definition) is 8. The Kier molecular flexibility index (Phi) is 6.66. The summed E-state index contributed by atoms with van der Waals surface area (Å²) in [5, 5.41) is 11.5. The van der Waals surface area contributed by atoms with Gasteiger partial charge in [-0.05, 0) is 66.6 Å². The van der Waals surface area contributed by atoms with Crippen LogP contribution in [0.2, 0.25) is 0 Å². The molecule has 0 unspecified atom stereocenters. The zero-order valence-corrected chi connectivity index (χ0v) is 21.4. The van der Waals surface area contributed by atoms with E-state index in [2.05, 4.69) is 30.6 Å². The van der Waals surface area contributed by atoms with Crippen LogP contribution in [-0.4, -0.2) is 35.4 Å². The molecule has 0 saturated carbocycles. The van der Waals surface area contributed by atoms with Crippen molar-refractivity contribution in [2.75, 3.05) is 22.6 Å². The second-order valence-corrected chi connectivity index (χ2v) is 10.3. The first kappa shape index (κ1) is 25.1. The molecule has 0 fully saturated rings. The number of aryl methyl sites for hydroxylation is 1. The summed E-state index contributed by atoms with van der Waals surface area (Å²) in [4.78, 5) is 18.7. The van der Waals surface area contributed by atoms with E-state index in [1.165, 1.54) is 24.3 Å².